The SMILES string of the molecule is CC1COc2ccc(cc2)-c2c(/C(N)=N/N(C)N)[nH]c3ncc4c(c23)n(c(=O)n4C)C2CC[C@@H](C2)O1. The molecule has 3 aliphatic rings. The Kier molecular flexibility index (Phi) is 5.27. The monoisotopic (exact) mass is 490 g/mol. The van der Waals surface area contributed by atoms with E-state index in [0.29, 0.717) is 17.9 Å². The number of aryl methyl sites for hydroxylation is 1. The van der Waals surface area contributed by atoms with E-state index >= 15 is 0 Å². The number of pyridine rings is 1. The van der Waals surface area contributed by atoms with Crippen LogP contribution in [-0.2, 0) is 11.8 Å². The summed E-state index contributed by atoms with van der Waals surface area (Å²) in [6, 6.07) is 7.80. The number of hydrogen-bond donors (Lipinski definition) is 3. The minimum Gasteiger partial charge on any atom is -0.491 e. The lowest BCUT2D eigenvalue weighted by molar-refractivity contribution is -0.0215. The lowest BCUT2D eigenvalue weighted by Gasteiger charge is -2.19. The summed E-state index contributed by atoms with van der Waals surface area (Å²) in [4.78, 5) is 21.6. The number of hydrogen-bond acceptors (Lipinski definition) is 7. The molecule has 0 saturated heterocycles. The highest BCUT2D eigenvalue weighted by atomic mass is 16.5. The van der Waals surface area contributed by atoms with Crippen molar-refractivity contribution in [3.8, 4) is 16.9 Å². The first-order valence-corrected chi connectivity index (χ1v) is 12.1. The molecule has 2 aliphatic heterocycles. The topological polar surface area (TPSA) is 142 Å². The predicted octanol–water partition coefficient (Wildman–Crippen LogP) is 2.20. The molecule has 1 aliphatic carbocycles. The van der Waals surface area contributed by atoms with Gasteiger partial charge in [0.15, 0.2) is 5.84 Å². The zero-order valence-electron chi connectivity index (χ0n) is 20.6. The molecule has 3 aromatic heterocycles. The van der Waals surface area contributed by atoms with Gasteiger partial charge in [0.25, 0.3) is 0 Å². The molecule has 11 nitrogen and oxygen atoms in total. The molecule has 4 aromatic rings. The van der Waals surface area contributed by atoms with E-state index in [2.05, 4.69) is 15.1 Å². The highest BCUT2D eigenvalue weighted by molar-refractivity contribution is 6.17. The number of ether oxygens (including phenoxy) is 2. The van der Waals surface area contributed by atoms with E-state index in [0.717, 1.165) is 52.6 Å². The number of aromatic nitrogens is 4. The summed E-state index contributed by atoms with van der Waals surface area (Å²) in [7, 11) is 3.39. The molecular formula is C25H30N8O3. The number of aromatic amines is 1. The van der Waals surface area contributed by atoms with Crippen LogP contribution in [0.3, 0.4) is 0 Å². The molecule has 0 spiro atoms. The molecule has 0 radical (unpaired) electrons. The summed E-state index contributed by atoms with van der Waals surface area (Å²) < 4.78 is 15.9. The van der Waals surface area contributed by atoms with Gasteiger partial charge in [0.2, 0.25) is 0 Å². The number of hydrazine groups is 1. The van der Waals surface area contributed by atoms with Crippen LogP contribution in [0.15, 0.2) is 40.4 Å². The number of amidine groups is 1. The Bertz CT molecular complexity index is 1550. The zero-order chi connectivity index (χ0) is 25.1. The van der Waals surface area contributed by atoms with E-state index in [9.17, 15) is 4.79 Å². The normalized spacial score (nSPS) is 22.2. The zero-order valence-corrected chi connectivity index (χ0v) is 20.6. The molecule has 2 unspecified atom stereocenters. The van der Waals surface area contributed by atoms with Gasteiger partial charge in [-0.1, -0.05) is 12.1 Å². The number of H-pyrrole nitrogens is 1. The van der Waals surface area contributed by atoms with Crippen LogP contribution in [0.4, 0.5) is 0 Å². The number of nitrogens with one attached hydrogen (secondary N) is 1. The first-order valence-electron chi connectivity index (χ1n) is 12.1. The first-order chi connectivity index (χ1) is 17.3. The van der Waals surface area contributed by atoms with Gasteiger partial charge in [-0.05, 0) is 43.9 Å². The van der Waals surface area contributed by atoms with Crippen molar-refractivity contribution in [2.75, 3.05) is 13.7 Å². The molecule has 0 amide bonds. The maximum absolute atomic E-state index is 13.6. The van der Waals surface area contributed by atoms with Crippen molar-refractivity contribution in [3.63, 3.8) is 0 Å². The third kappa shape index (κ3) is 3.54. The Morgan fingerprint density at radius 2 is 2.06 bits per heavy atom. The van der Waals surface area contributed by atoms with E-state index < -0.39 is 0 Å². The van der Waals surface area contributed by atoms with Gasteiger partial charge in [-0.25, -0.2) is 20.7 Å². The predicted molar refractivity (Wildman–Crippen MR) is 138 cm³/mol. The Hall–Kier alpha value is -3.83. The molecule has 188 valence electrons. The van der Waals surface area contributed by atoms with Gasteiger partial charge in [0.1, 0.15) is 18.0 Å². The van der Waals surface area contributed by atoms with E-state index in [1.807, 2.05) is 35.8 Å². The smallest absolute Gasteiger partial charge is 0.329 e. The van der Waals surface area contributed by atoms with Crippen LogP contribution in [0.1, 0.15) is 37.9 Å². The summed E-state index contributed by atoms with van der Waals surface area (Å²) in [5.41, 5.74) is 10.8. The quantitative estimate of drug-likeness (QED) is 0.169. The minimum atomic E-state index is -0.0713. The summed E-state index contributed by atoms with van der Waals surface area (Å²) in [6.07, 6.45) is 4.22. The lowest BCUT2D eigenvalue weighted by atomic mass is 10.0. The molecule has 1 aromatic carbocycles. The lowest BCUT2D eigenvalue weighted by Crippen LogP contribution is -2.27. The average Bonchev–Trinajstić information content (AvgIpc) is 3.52. The number of fused-ring (bicyclic) bond motifs is 5. The van der Waals surface area contributed by atoms with Crippen LogP contribution in [0.5, 0.6) is 5.75 Å². The van der Waals surface area contributed by atoms with Gasteiger partial charge in [-0.15, -0.1) is 5.10 Å². The molecule has 1 fully saturated rings. The Labute approximate surface area is 207 Å². The van der Waals surface area contributed by atoms with Gasteiger partial charge in [-0.3, -0.25) is 9.13 Å². The highest BCUT2D eigenvalue weighted by Crippen LogP contribution is 2.40. The molecule has 3 atom stereocenters. The fourth-order valence-electron chi connectivity index (χ4n) is 5.59. The van der Waals surface area contributed by atoms with E-state index in [4.69, 9.17) is 21.1 Å². The van der Waals surface area contributed by atoms with Gasteiger partial charge >= 0.3 is 5.69 Å². The third-order valence-corrected chi connectivity index (χ3v) is 7.17. The fraction of sp³-hybridized carbons (Fsp3) is 0.400. The molecule has 11 heteroatoms. The number of imidazole rings is 1. The molecule has 5 heterocycles. The molecule has 36 heavy (non-hydrogen) atoms. The van der Waals surface area contributed by atoms with Gasteiger partial charge in [0.05, 0.1) is 40.5 Å². The van der Waals surface area contributed by atoms with E-state index in [1.165, 1.54) is 5.12 Å². The van der Waals surface area contributed by atoms with Crippen molar-refractivity contribution in [3.05, 3.63) is 46.6 Å². The van der Waals surface area contributed by atoms with Crippen molar-refractivity contribution in [2.45, 2.75) is 44.4 Å². The van der Waals surface area contributed by atoms with Crippen LogP contribution < -0.4 is 22.0 Å². The van der Waals surface area contributed by atoms with Crippen LogP contribution in [0, 0.1) is 0 Å². The molecule has 1 saturated carbocycles. The summed E-state index contributed by atoms with van der Waals surface area (Å²) >= 11 is 0. The number of rotatable bonds is 2. The van der Waals surface area contributed by atoms with Crippen molar-refractivity contribution >= 4 is 27.9 Å². The maximum atomic E-state index is 13.6. The second-order valence-electron chi connectivity index (χ2n) is 9.73. The van der Waals surface area contributed by atoms with Crippen LogP contribution >= 0.6 is 0 Å². The van der Waals surface area contributed by atoms with Crippen LogP contribution in [0.2, 0.25) is 0 Å². The third-order valence-electron chi connectivity index (χ3n) is 7.17. The molecule has 7 rings (SSSR count). The van der Waals surface area contributed by atoms with Crippen molar-refractivity contribution in [1.82, 2.24) is 24.2 Å². The average molecular weight is 491 g/mol. The molecule has 5 N–H and O–H groups in total. The summed E-state index contributed by atoms with van der Waals surface area (Å²) in [6.45, 7) is 2.47. The summed E-state index contributed by atoms with van der Waals surface area (Å²) in [5.74, 6) is 6.74. The summed E-state index contributed by atoms with van der Waals surface area (Å²) in [5, 5.41) is 6.22. The second-order valence-corrected chi connectivity index (χ2v) is 9.73. The van der Waals surface area contributed by atoms with Crippen LogP contribution in [0.25, 0.3) is 33.2 Å². The Morgan fingerprint density at radius 3 is 2.81 bits per heavy atom. The van der Waals surface area contributed by atoms with Crippen molar-refractivity contribution in [2.24, 2.45) is 23.7 Å². The maximum Gasteiger partial charge on any atom is 0.329 e. The van der Waals surface area contributed by atoms with E-state index in [1.54, 1.807) is 24.9 Å². The number of nitrogens with two attached hydrogens (primary N) is 2. The largest absolute Gasteiger partial charge is 0.491 e. The first kappa shape index (κ1) is 22.6. The molecular weight excluding hydrogens is 460 g/mol. The number of benzene rings is 1. The van der Waals surface area contributed by atoms with Gasteiger partial charge in [0, 0.05) is 25.7 Å². The van der Waals surface area contributed by atoms with Crippen LogP contribution in [-0.4, -0.2) is 55.9 Å². The number of nitrogens with zero attached hydrogens (tertiary/aromatic N) is 5. The second kappa shape index (κ2) is 8.38. The number of hydrazone groups is 1. The molecule has 4 bridgehead atoms. The standard InChI is InChI=1S/C25H30N8O3/c1-13-12-35-16-7-4-14(5-8-16)19-20-22-18(11-28-24(20)29-21(19)23(26)30-32(3)27)31(2)25(34)33(22)15-6-9-17(10-15)36-13/h4-5,7-8,11,13,15,17H,6,9-10,12,27H2,1-3H3,(H2,26,30)(H,28,29)/t13?,15?,17-/m0/s1. The Morgan fingerprint density at radius 1 is 1.28 bits per heavy atom. The van der Waals surface area contributed by atoms with Crippen molar-refractivity contribution in [1.29, 1.82) is 0 Å². The van der Waals surface area contributed by atoms with Gasteiger partial charge < -0.3 is 20.2 Å². The Balaban J connectivity index is 1.72. The fourth-order valence-corrected chi connectivity index (χ4v) is 5.59. The van der Waals surface area contributed by atoms with E-state index in [-0.39, 0.29) is 29.8 Å². The van der Waals surface area contributed by atoms with Gasteiger partial charge in [-0.2, -0.15) is 0 Å². The highest BCUT2D eigenvalue weighted by Gasteiger charge is 2.33. The van der Waals surface area contributed by atoms with Crippen molar-refractivity contribution < 1.29 is 9.47 Å². The minimum absolute atomic E-state index is 0.00391.